The van der Waals surface area contributed by atoms with Gasteiger partial charge in [0.1, 0.15) is 0 Å². The minimum Gasteiger partial charge on any atom is -0.354 e. The first-order valence-corrected chi connectivity index (χ1v) is 8.67. The Morgan fingerprint density at radius 2 is 1.91 bits per heavy atom. The molecular weight excluding hydrogens is 333 g/mol. The van der Waals surface area contributed by atoms with Gasteiger partial charge in [0.05, 0.1) is 0 Å². The van der Waals surface area contributed by atoms with Crippen LogP contribution in [-0.2, 0) is 4.79 Å². The summed E-state index contributed by atoms with van der Waals surface area (Å²) in [4.78, 5) is 14.9. The standard InChI is InChI=1S/C17H33N3O.2ClH/c1-13-6-5-9-20(11-13)17(2,3)12-19-16(21)14-7-4-8-15(18)10-14;;/h13-15H,4-12,18H2,1-3H3,(H,19,21);2*1H. The van der Waals surface area contributed by atoms with Crippen molar-refractivity contribution in [1.82, 2.24) is 10.2 Å². The Bertz CT molecular complexity index is 366. The zero-order valence-corrected chi connectivity index (χ0v) is 16.5. The molecule has 1 saturated heterocycles. The third-order valence-corrected chi connectivity index (χ3v) is 5.29. The summed E-state index contributed by atoms with van der Waals surface area (Å²) >= 11 is 0. The van der Waals surface area contributed by atoms with E-state index in [4.69, 9.17) is 5.73 Å². The summed E-state index contributed by atoms with van der Waals surface area (Å²) in [5.41, 5.74) is 6.03. The zero-order valence-electron chi connectivity index (χ0n) is 14.8. The summed E-state index contributed by atoms with van der Waals surface area (Å²) in [5, 5.41) is 3.19. The van der Waals surface area contributed by atoms with E-state index in [0.29, 0.717) is 0 Å². The van der Waals surface area contributed by atoms with E-state index < -0.39 is 0 Å². The molecule has 3 atom stereocenters. The van der Waals surface area contributed by atoms with Gasteiger partial charge >= 0.3 is 0 Å². The van der Waals surface area contributed by atoms with Gasteiger partial charge in [-0.3, -0.25) is 9.69 Å². The molecule has 1 aliphatic carbocycles. The Morgan fingerprint density at radius 3 is 2.52 bits per heavy atom. The van der Waals surface area contributed by atoms with Crippen LogP contribution in [0.5, 0.6) is 0 Å². The summed E-state index contributed by atoms with van der Waals surface area (Å²) in [6.07, 6.45) is 6.62. The highest BCUT2D eigenvalue weighted by molar-refractivity contribution is 5.85. The van der Waals surface area contributed by atoms with E-state index in [0.717, 1.165) is 51.2 Å². The van der Waals surface area contributed by atoms with Gasteiger partial charge in [-0.1, -0.05) is 13.3 Å². The molecule has 4 nitrogen and oxygen atoms in total. The molecule has 0 radical (unpaired) electrons. The van der Waals surface area contributed by atoms with Crippen LogP contribution in [0.2, 0.25) is 0 Å². The normalized spacial score (nSPS) is 29.1. The number of nitrogens with two attached hydrogens (primary N) is 1. The van der Waals surface area contributed by atoms with Crippen LogP contribution in [0.25, 0.3) is 0 Å². The van der Waals surface area contributed by atoms with Crippen LogP contribution in [-0.4, -0.2) is 42.0 Å². The third-order valence-electron chi connectivity index (χ3n) is 5.29. The number of piperidine rings is 1. The first-order chi connectivity index (χ1) is 9.88. The van der Waals surface area contributed by atoms with Crippen molar-refractivity contribution in [2.24, 2.45) is 17.6 Å². The lowest BCUT2D eigenvalue weighted by molar-refractivity contribution is -0.126. The largest absolute Gasteiger partial charge is 0.354 e. The van der Waals surface area contributed by atoms with Crippen LogP contribution in [0.3, 0.4) is 0 Å². The average Bonchev–Trinajstić information content (AvgIpc) is 2.45. The van der Waals surface area contributed by atoms with Crippen molar-refractivity contribution in [3.05, 3.63) is 0 Å². The van der Waals surface area contributed by atoms with Gasteiger partial charge in [0.2, 0.25) is 5.91 Å². The Balaban J connectivity index is 0.00000242. The number of rotatable bonds is 4. The lowest BCUT2D eigenvalue weighted by Gasteiger charge is -2.43. The smallest absolute Gasteiger partial charge is 0.223 e. The summed E-state index contributed by atoms with van der Waals surface area (Å²) < 4.78 is 0. The number of carbonyl (C=O) groups is 1. The SMILES string of the molecule is CC1CCCN(C(C)(C)CNC(=O)C2CCCC(N)C2)C1.Cl.Cl. The number of nitrogens with zero attached hydrogens (tertiary/aromatic N) is 1. The highest BCUT2D eigenvalue weighted by atomic mass is 35.5. The fourth-order valence-electron chi connectivity index (χ4n) is 3.76. The van der Waals surface area contributed by atoms with Crippen molar-refractivity contribution in [3.8, 4) is 0 Å². The van der Waals surface area contributed by atoms with Gasteiger partial charge in [0.25, 0.3) is 0 Å². The van der Waals surface area contributed by atoms with E-state index >= 15 is 0 Å². The summed E-state index contributed by atoms with van der Waals surface area (Å²) in [5.74, 6) is 1.11. The Hall–Kier alpha value is -0.0300. The summed E-state index contributed by atoms with van der Waals surface area (Å²) in [6, 6.07) is 0.213. The summed E-state index contributed by atoms with van der Waals surface area (Å²) in [6.45, 7) is 9.86. The van der Waals surface area contributed by atoms with Crippen LogP contribution in [0, 0.1) is 11.8 Å². The minimum atomic E-state index is 0. The van der Waals surface area contributed by atoms with Gasteiger partial charge in [-0.25, -0.2) is 0 Å². The van der Waals surface area contributed by atoms with Crippen LogP contribution in [0.4, 0.5) is 0 Å². The average molecular weight is 368 g/mol. The number of nitrogens with one attached hydrogen (secondary N) is 1. The fraction of sp³-hybridized carbons (Fsp3) is 0.941. The van der Waals surface area contributed by atoms with Crippen molar-refractivity contribution >= 4 is 30.7 Å². The van der Waals surface area contributed by atoms with E-state index in [1.54, 1.807) is 0 Å². The second kappa shape index (κ2) is 10.1. The van der Waals surface area contributed by atoms with Gasteiger partial charge < -0.3 is 11.1 Å². The molecule has 0 aromatic carbocycles. The van der Waals surface area contributed by atoms with Crippen molar-refractivity contribution in [1.29, 1.82) is 0 Å². The fourth-order valence-corrected chi connectivity index (χ4v) is 3.76. The molecule has 0 bridgehead atoms. The van der Waals surface area contributed by atoms with Crippen molar-refractivity contribution in [2.75, 3.05) is 19.6 Å². The monoisotopic (exact) mass is 367 g/mol. The number of likely N-dealkylation sites (tertiary alicyclic amines) is 1. The molecular formula is C17H35Cl2N3O. The molecule has 1 saturated carbocycles. The van der Waals surface area contributed by atoms with E-state index in [-0.39, 0.29) is 48.2 Å². The lowest BCUT2D eigenvalue weighted by Crippen LogP contribution is -2.55. The molecule has 2 aliphatic rings. The minimum absolute atomic E-state index is 0. The quantitative estimate of drug-likeness (QED) is 0.802. The maximum absolute atomic E-state index is 12.4. The topological polar surface area (TPSA) is 58.4 Å². The highest BCUT2D eigenvalue weighted by Crippen LogP contribution is 2.25. The number of hydrogen-bond donors (Lipinski definition) is 2. The molecule has 0 spiro atoms. The van der Waals surface area contributed by atoms with Gasteiger partial charge in [-0.15, -0.1) is 24.8 Å². The molecule has 0 aromatic heterocycles. The first kappa shape index (κ1) is 23.0. The first-order valence-electron chi connectivity index (χ1n) is 8.67. The van der Waals surface area contributed by atoms with Crippen molar-refractivity contribution in [2.45, 2.75) is 70.9 Å². The molecule has 6 heteroatoms. The van der Waals surface area contributed by atoms with Gasteiger partial charge in [0.15, 0.2) is 0 Å². The van der Waals surface area contributed by atoms with E-state index in [1.165, 1.54) is 12.8 Å². The molecule has 2 fully saturated rings. The molecule has 1 heterocycles. The second-order valence-electron chi connectivity index (χ2n) is 7.85. The van der Waals surface area contributed by atoms with E-state index in [2.05, 4.69) is 31.0 Å². The van der Waals surface area contributed by atoms with Gasteiger partial charge in [-0.2, -0.15) is 0 Å². The number of hydrogen-bond acceptors (Lipinski definition) is 3. The van der Waals surface area contributed by atoms with E-state index in [9.17, 15) is 4.79 Å². The number of halogens is 2. The number of amides is 1. The molecule has 2 rings (SSSR count). The summed E-state index contributed by atoms with van der Waals surface area (Å²) in [7, 11) is 0. The van der Waals surface area contributed by atoms with Crippen molar-refractivity contribution in [3.63, 3.8) is 0 Å². The van der Waals surface area contributed by atoms with Crippen LogP contribution in [0.15, 0.2) is 0 Å². The lowest BCUT2D eigenvalue weighted by atomic mass is 9.85. The molecule has 1 aliphatic heterocycles. The van der Waals surface area contributed by atoms with Gasteiger partial charge in [0, 0.05) is 30.6 Å². The predicted molar refractivity (Wildman–Crippen MR) is 101 cm³/mol. The van der Waals surface area contributed by atoms with Crippen LogP contribution in [0.1, 0.15) is 59.3 Å². The maximum atomic E-state index is 12.4. The molecule has 138 valence electrons. The predicted octanol–water partition coefficient (Wildman–Crippen LogP) is 2.97. The molecule has 1 amide bonds. The maximum Gasteiger partial charge on any atom is 0.223 e. The van der Waals surface area contributed by atoms with Crippen molar-refractivity contribution < 1.29 is 4.79 Å². The Kier molecular flexibility index (Phi) is 10.1. The molecule has 23 heavy (non-hydrogen) atoms. The third kappa shape index (κ3) is 6.77. The number of carbonyl (C=O) groups excluding carboxylic acids is 1. The molecule has 3 unspecified atom stereocenters. The van der Waals surface area contributed by atoms with Crippen LogP contribution >= 0.6 is 24.8 Å². The van der Waals surface area contributed by atoms with Crippen LogP contribution < -0.4 is 11.1 Å². The zero-order chi connectivity index (χ0) is 15.5. The Morgan fingerprint density at radius 1 is 1.22 bits per heavy atom. The second-order valence-corrected chi connectivity index (χ2v) is 7.85. The highest BCUT2D eigenvalue weighted by Gasteiger charge is 2.32. The molecule has 3 N–H and O–H groups in total. The Labute approximate surface area is 154 Å². The molecule has 0 aromatic rings. The van der Waals surface area contributed by atoms with Gasteiger partial charge in [-0.05, 0) is 58.4 Å². The van der Waals surface area contributed by atoms with E-state index in [1.807, 2.05) is 0 Å².